The molecule has 1 heterocycles. The highest BCUT2D eigenvalue weighted by atomic mass is 14.9. The second-order valence-electron chi connectivity index (χ2n) is 5.28. The van der Waals surface area contributed by atoms with E-state index in [0.29, 0.717) is 5.41 Å². The summed E-state index contributed by atoms with van der Waals surface area (Å²) in [5.41, 5.74) is 8.29. The Balaban J connectivity index is 1.52. The average Bonchev–Trinajstić information content (AvgIpc) is 3.15. The molecular weight excluding hydrogens is 198 g/mol. The molecule has 2 fully saturated rings. The Labute approximate surface area is 96.4 Å². The van der Waals surface area contributed by atoms with Crippen LogP contribution in [0.3, 0.4) is 0 Å². The minimum absolute atomic E-state index is 0.656. The Morgan fingerprint density at radius 3 is 2.88 bits per heavy atom. The minimum Gasteiger partial charge on any atom is -0.397 e. The van der Waals surface area contributed by atoms with Crippen LogP contribution in [0.15, 0.2) is 18.3 Å². The molecule has 0 saturated heterocycles. The zero-order valence-corrected chi connectivity index (χ0v) is 9.58. The van der Waals surface area contributed by atoms with Gasteiger partial charge in [-0.3, -0.25) is 4.98 Å². The average molecular weight is 217 g/mol. The third kappa shape index (κ3) is 1.92. The van der Waals surface area contributed by atoms with Gasteiger partial charge in [0, 0.05) is 19.3 Å². The van der Waals surface area contributed by atoms with Crippen molar-refractivity contribution in [3.05, 3.63) is 24.0 Å². The zero-order valence-electron chi connectivity index (χ0n) is 9.58. The van der Waals surface area contributed by atoms with Crippen LogP contribution in [0.25, 0.3) is 0 Å². The van der Waals surface area contributed by atoms with E-state index >= 15 is 0 Å². The Kier molecular flexibility index (Phi) is 2.36. The number of nitrogens with two attached hydrogens (primary N) is 1. The van der Waals surface area contributed by atoms with Crippen LogP contribution in [0.1, 0.15) is 31.4 Å². The second-order valence-corrected chi connectivity index (χ2v) is 5.28. The van der Waals surface area contributed by atoms with Crippen molar-refractivity contribution in [2.75, 3.05) is 12.3 Å². The Hall–Kier alpha value is -1.09. The molecule has 1 aromatic heterocycles. The van der Waals surface area contributed by atoms with Gasteiger partial charge in [-0.1, -0.05) is 0 Å². The number of pyridine rings is 1. The van der Waals surface area contributed by atoms with Crippen molar-refractivity contribution >= 4 is 5.69 Å². The SMILES string of the molecule is Nc1cccnc1CNCC1(C2CC2)CC1. The Morgan fingerprint density at radius 1 is 1.44 bits per heavy atom. The minimum atomic E-state index is 0.656. The molecule has 0 amide bonds. The standard InChI is InChI=1S/C13H19N3/c14-11-2-1-7-16-12(11)8-15-9-13(5-6-13)10-3-4-10/h1-2,7,10,15H,3-6,8-9,14H2. The lowest BCUT2D eigenvalue weighted by molar-refractivity contribution is 0.402. The van der Waals surface area contributed by atoms with Crippen molar-refractivity contribution in [2.24, 2.45) is 11.3 Å². The number of hydrogen-bond donors (Lipinski definition) is 2. The summed E-state index contributed by atoms with van der Waals surface area (Å²) in [6, 6.07) is 3.79. The molecule has 2 saturated carbocycles. The third-order valence-corrected chi connectivity index (χ3v) is 4.03. The van der Waals surface area contributed by atoms with Gasteiger partial charge in [0.25, 0.3) is 0 Å². The van der Waals surface area contributed by atoms with Gasteiger partial charge in [-0.25, -0.2) is 0 Å². The van der Waals surface area contributed by atoms with Crippen LogP contribution < -0.4 is 11.1 Å². The van der Waals surface area contributed by atoms with Gasteiger partial charge >= 0.3 is 0 Å². The first-order valence-electron chi connectivity index (χ1n) is 6.20. The van der Waals surface area contributed by atoms with Gasteiger partial charge in [-0.05, 0) is 49.1 Å². The molecule has 3 heteroatoms. The smallest absolute Gasteiger partial charge is 0.0770 e. The summed E-state index contributed by atoms with van der Waals surface area (Å²) in [5, 5.41) is 3.52. The highest BCUT2D eigenvalue weighted by Crippen LogP contribution is 2.60. The number of rotatable bonds is 5. The maximum absolute atomic E-state index is 5.86. The number of hydrogen-bond acceptors (Lipinski definition) is 3. The van der Waals surface area contributed by atoms with Crippen LogP contribution in [0, 0.1) is 11.3 Å². The highest BCUT2D eigenvalue weighted by Gasteiger charge is 2.53. The quantitative estimate of drug-likeness (QED) is 0.792. The number of anilines is 1. The van der Waals surface area contributed by atoms with Crippen molar-refractivity contribution in [1.29, 1.82) is 0 Å². The van der Waals surface area contributed by atoms with Gasteiger partial charge in [0.15, 0.2) is 0 Å². The van der Waals surface area contributed by atoms with Crippen LogP contribution >= 0.6 is 0 Å². The van der Waals surface area contributed by atoms with Crippen LogP contribution in [0.5, 0.6) is 0 Å². The second kappa shape index (κ2) is 3.74. The monoisotopic (exact) mass is 217 g/mol. The zero-order chi connectivity index (χ0) is 11.0. The molecule has 3 N–H and O–H groups in total. The molecule has 3 nitrogen and oxygen atoms in total. The van der Waals surface area contributed by atoms with E-state index in [4.69, 9.17) is 5.73 Å². The van der Waals surface area contributed by atoms with Gasteiger partial charge in [0.1, 0.15) is 0 Å². The molecule has 2 aliphatic rings. The normalized spacial score (nSPS) is 22.0. The van der Waals surface area contributed by atoms with Crippen molar-refractivity contribution < 1.29 is 0 Å². The predicted molar refractivity (Wildman–Crippen MR) is 64.7 cm³/mol. The summed E-state index contributed by atoms with van der Waals surface area (Å²) >= 11 is 0. The van der Waals surface area contributed by atoms with Crippen molar-refractivity contribution in [3.8, 4) is 0 Å². The fraction of sp³-hybridized carbons (Fsp3) is 0.615. The summed E-state index contributed by atoms with van der Waals surface area (Å²) in [6.45, 7) is 1.95. The van der Waals surface area contributed by atoms with E-state index in [0.717, 1.165) is 30.4 Å². The van der Waals surface area contributed by atoms with E-state index in [2.05, 4.69) is 10.3 Å². The maximum atomic E-state index is 5.86. The molecule has 0 unspecified atom stereocenters. The highest BCUT2D eigenvalue weighted by molar-refractivity contribution is 5.41. The van der Waals surface area contributed by atoms with E-state index in [9.17, 15) is 0 Å². The lowest BCUT2D eigenvalue weighted by Crippen LogP contribution is -2.25. The number of nitrogens with one attached hydrogen (secondary N) is 1. The first-order chi connectivity index (χ1) is 7.80. The molecule has 0 aromatic carbocycles. The van der Waals surface area contributed by atoms with Gasteiger partial charge in [-0.2, -0.15) is 0 Å². The number of nitrogen functional groups attached to an aromatic ring is 1. The first-order valence-corrected chi connectivity index (χ1v) is 6.20. The van der Waals surface area contributed by atoms with Crippen molar-refractivity contribution in [1.82, 2.24) is 10.3 Å². The summed E-state index contributed by atoms with van der Waals surface area (Å²) in [5.74, 6) is 1.01. The van der Waals surface area contributed by atoms with E-state index in [1.165, 1.54) is 25.7 Å². The Morgan fingerprint density at radius 2 is 2.25 bits per heavy atom. The molecule has 3 rings (SSSR count). The molecule has 2 aliphatic carbocycles. The molecule has 0 atom stereocenters. The van der Waals surface area contributed by atoms with Gasteiger partial charge in [0.05, 0.1) is 11.4 Å². The fourth-order valence-corrected chi connectivity index (χ4v) is 2.61. The van der Waals surface area contributed by atoms with Gasteiger partial charge < -0.3 is 11.1 Å². The predicted octanol–water partition coefficient (Wildman–Crippen LogP) is 1.94. The molecule has 0 aliphatic heterocycles. The summed E-state index contributed by atoms with van der Waals surface area (Å²) in [4.78, 5) is 4.29. The summed E-state index contributed by atoms with van der Waals surface area (Å²) in [6.07, 6.45) is 7.55. The summed E-state index contributed by atoms with van der Waals surface area (Å²) in [7, 11) is 0. The van der Waals surface area contributed by atoms with E-state index in [1.807, 2.05) is 12.1 Å². The van der Waals surface area contributed by atoms with Crippen molar-refractivity contribution in [2.45, 2.75) is 32.2 Å². The third-order valence-electron chi connectivity index (χ3n) is 4.03. The lowest BCUT2D eigenvalue weighted by atomic mass is 10.0. The molecule has 16 heavy (non-hydrogen) atoms. The summed E-state index contributed by atoms with van der Waals surface area (Å²) < 4.78 is 0. The van der Waals surface area contributed by atoms with E-state index < -0.39 is 0 Å². The van der Waals surface area contributed by atoms with Crippen LogP contribution in [-0.2, 0) is 6.54 Å². The lowest BCUT2D eigenvalue weighted by Gasteiger charge is -2.15. The molecular formula is C13H19N3. The molecule has 0 radical (unpaired) electrons. The van der Waals surface area contributed by atoms with Crippen LogP contribution in [0.4, 0.5) is 5.69 Å². The maximum Gasteiger partial charge on any atom is 0.0770 e. The molecule has 0 spiro atoms. The molecule has 86 valence electrons. The van der Waals surface area contributed by atoms with Gasteiger partial charge in [-0.15, -0.1) is 0 Å². The first kappa shape index (κ1) is 10.1. The molecule has 1 aromatic rings. The van der Waals surface area contributed by atoms with E-state index in [1.54, 1.807) is 6.20 Å². The molecule has 0 bridgehead atoms. The topological polar surface area (TPSA) is 50.9 Å². The van der Waals surface area contributed by atoms with Crippen LogP contribution in [0.2, 0.25) is 0 Å². The van der Waals surface area contributed by atoms with Crippen molar-refractivity contribution in [3.63, 3.8) is 0 Å². The van der Waals surface area contributed by atoms with Gasteiger partial charge in [0.2, 0.25) is 0 Å². The largest absolute Gasteiger partial charge is 0.397 e. The number of nitrogens with zero attached hydrogens (tertiary/aromatic N) is 1. The van der Waals surface area contributed by atoms with Crippen LogP contribution in [-0.4, -0.2) is 11.5 Å². The Bertz CT molecular complexity index is 381. The fourth-order valence-electron chi connectivity index (χ4n) is 2.61. The number of aromatic nitrogens is 1. The van der Waals surface area contributed by atoms with E-state index in [-0.39, 0.29) is 0 Å².